The third-order valence-electron chi connectivity index (χ3n) is 3.07. The lowest BCUT2D eigenvalue weighted by Gasteiger charge is -2.38. The van der Waals surface area contributed by atoms with Gasteiger partial charge in [-0.25, -0.2) is 9.97 Å². The van der Waals surface area contributed by atoms with Crippen LogP contribution in [0.1, 0.15) is 39.2 Å². The molecule has 0 amide bonds. The maximum absolute atomic E-state index is 9.98. The number of aromatic nitrogens is 2. The molecule has 4 heteroatoms. The molecule has 1 rings (SSSR count). The lowest BCUT2D eigenvalue weighted by atomic mass is 9.86. The Morgan fingerprint density at radius 1 is 1.31 bits per heavy atom. The van der Waals surface area contributed by atoms with Crippen LogP contribution < -0.4 is 5.32 Å². The summed E-state index contributed by atoms with van der Waals surface area (Å²) < 4.78 is 0. The number of hydrogen-bond acceptors (Lipinski definition) is 4. The van der Waals surface area contributed by atoms with Crippen molar-refractivity contribution in [2.75, 3.05) is 0 Å². The van der Waals surface area contributed by atoms with Gasteiger partial charge in [0.15, 0.2) is 0 Å². The van der Waals surface area contributed by atoms with E-state index in [9.17, 15) is 5.11 Å². The highest BCUT2D eigenvalue weighted by molar-refractivity contribution is 5.03. The summed E-state index contributed by atoms with van der Waals surface area (Å²) in [7, 11) is 0. The minimum Gasteiger partial charge on any atom is -0.389 e. The highest BCUT2D eigenvalue weighted by Crippen LogP contribution is 2.20. The molecule has 0 aliphatic heterocycles. The summed E-state index contributed by atoms with van der Waals surface area (Å²) in [5.74, 6) is 0.764. The van der Waals surface area contributed by atoms with Gasteiger partial charge in [-0.05, 0) is 40.7 Å². The van der Waals surface area contributed by atoms with Gasteiger partial charge in [-0.3, -0.25) is 0 Å². The summed E-state index contributed by atoms with van der Waals surface area (Å²) in [5.41, 5.74) is -0.217. The van der Waals surface area contributed by atoms with Crippen LogP contribution in [0.15, 0.2) is 12.3 Å². The van der Waals surface area contributed by atoms with Crippen molar-refractivity contribution in [1.82, 2.24) is 15.3 Å². The predicted octanol–water partition coefficient (Wildman–Crippen LogP) is 1.42. The van der Waals surface area contributed by atoms with E-state index in [1.165, 1.54) is 0 Å². The fraction of sp³-hybridized carbons (Fsp3) is 0.667. The molecule has 0 aliphatic rings. The van der Waals surface area contributed by atoms with Gasteiger partial charge in [0.05, 0.1) is 11.3 Å². The van der Waals surface area contributed by atoms with E-state index in [1.807, 2.05) is 26.8 Å². The second kappa shape index (κ2) is 4.47. The van der Waals surface area contributed by atoms with Crippen molar-refractivity contribution in [1.29, 1.82) is 0 Å². The van der Waals surface area contributed by atoms with Crippen LogP contribution in [0.4, 0.5) is 0 Å². The zero-order chi connectivity index (χ0) is 12.4. The van der Waals surface area contributed by atoms with Crippen LogP contribution in [-0.2, 0) is 6.54 Å². The third kappa shape index (κ3) is 3.25. The number of nitrogens with zero attached hydrogens (tertiary/aromatic N) is 2. The largest absolute Gasteiger partial charge is 0.389 e. The van der Waals surface area contributed by atoms with Crippen molar-refractivity contribution in [2.24, 2.45) is 0 Å². The van der Waals surface area contributed by atoms with E-state index in [4.69, 9.17) is 0 Å². The molecule has 0 saturated heterocycles. The Hall–Kier alpha value is -1.00. The number of nitrogens with one attached hydrogen (secondary N) is 1. The second-order valence-corrected chi connectivity index (χ2v) is 5.13. The van der Waals surface area contributed by atoms with Crippen LogP contribution in [0, 0.1) is 6.92 Å². The molecule has 0 bridgehead atoms. The van der Waals surface area contributed by atoms with E-state index < -0.39 is 5.60 Å². The molecule has 1 aromatic rings. The molecule has 0 aromatic carbocycles. The Labute approximate surface area is 97.1 Å². The van der Waals surface area contributed by atoms with Crippen molar-refractivity contribution in [3.05, 3.63) is 23.8 Å². The third-order valence-corrected chi connectivity index (χ3v) is 3.07. The van der Waals surface area contributed by atoms with E-state index in [1.54, 1.807) is 20.0 Å². The molecular weight excluding hydrogens is 202 g/mol. The van der Waals surface area contributed by atoms with Crippen LogP contribution in [-0.4, -0.2) is 26.2 Å². The van der Waals surface area contributed by atoms with Gasteiger partial charge >= 0.3 is 0 Å². The minimum atomic E-state index is -0.783. The first-order valence-electron chi connectivity index (χ1n) is 5.48. The lowest BCUT2D eigenvalue weighted by molar-refractivity contribution is -0.00546. The number of hydrogen-bond donors (Lipinski definition) is 2. The predicted molar refractivity (Wildman–Crippen MR) is 64.0 cm³/mol. The normalized spacial score (nSPS) is 12.9. The zero-order valence-electron chi connectivity index (χ0n) is 10.7. The summed E-state index contributed by atoms with van der Waals surface area (Å²) in [6.45, 7) is 10.0. The van der Waals surface area contributed by atoms with Crippen molar-refractivity contribution in [3.8, 4) is 0 Å². The number of aliphatic hydroxyl groups is 1. The first-order chi connectivity index (χ1) is 7.22. The molecule has 0 spiro atoms. The number of rotatable bonds is 4. The first-order valence-corrected chi connectivity index (χ1v) is 5.48. The fourth-order valence-corrected chi connectivity index (χ4v) is 1.13. The maximum Gasteiger partial charge on any atom is 0.125 e. The summed E-state index contributed by atoms with van der Waals surface area (Å²) in [4.78, 5) is 8.35. The van der Waals surface area contributed by atoms with Gasteiger partial charge in [0.2, 0.25) is 0 Å². The minimum absolute atomic E-state index is 0.369. The maximum atomic E-state index is 9.98. The molecule has 0 fully saturated rings. The molecule has 0 radical (unpaired) electrons. The van der Waals surface area contributed by atoms with Crippen LogP contribution in [0.5, 0.6) is 0 Å². The zero-order valence-corrected chi connectivity index (χ0v) is 10.7. The average Bonchev–Trinajstić information content (AvgIpc) is 2.13. The molecule has 0 aliphatic carbocycles. The molecule has 2 N–H and O–H groups in total. The Morgan fingerprint density at radius 3 is 2.44 bits per heavy atom. The Morgan fingerprint density at radius 2 is 1.94 bits per heavy atom. The first kappa shape index (κ1) is 13.1. The van der Waals surface area contributed by atoms with E-state index in [-0.39, 0.29) is 5.54 Å². The molecule has 4 nitrogen and oxygen atoms in total. The van der Waals surface area contributed by atoms with Crippen molar-refractivity contribution in [3.63, 3.8) is 0 Å². The summed E-state index contributed by atoms with van der Waals surface area (Å²) in [6.07, 6.45) is 1.75. The van der Waals surface area contributed by atoms with Crippen molar-refractivity contribution >= 4 is 0 Å². The molecule has 0 atom stereocenters. The highest BCUT2D eigenvalue weighted by Gasteiger charge is 2.34. The van der Waals surface area contributed by atoms with Gasteiger partial charge in [-0.1, -0.05) is 0 Å². The number of aryl methyl sites for hydroxylation is 1. The molecule has 90 valence electrons. The van der Waals surface area contributed by atoms with E-state index in [2.05, 4.69) is 15.3 Å². The smallest absolute Gasteiger partial charge is 0.125 e. The van der Waals surface area contributed by atoms with Crippen LogP contribution in [0.2, 0.25) is 0 Å². The molecule has 0 saturated carbocycles. The van der Waals surface area contributed by atoms with Gasteiger partial charge in [0, 0.05) is 18.3 Å². The van der Waals surface area contributed by atoms with Crippen LogP contribution in [0.3, 0.4) is 0 Å². The van der Waals surface area contributed by atoms with Gasteiger partial charge in [-0.2, -0.15) is 0 Å². The van der Waals surface area contributed by atoms with Crippen molar-refractivity contribution in [2.45, 2.75) is 52.3 Å². The fourth-order valence-electron chi connectivity index (χ4n) is 1.13. The SMILES string of the molecule is Cc1nccc(CNC(C)(C)C(C)(C)O)n1. The van der Waals surface area contributed by atoms with Gasteiger partial charge in [-0.15, -0.1) is 0 Å². The van der Waals surface area contributed by atoms with Gasteiger partial charge in [0.1, 0.15) is 5.82 Å². The lowest BCUT2D eigenvalue weighted by Crippen LogP contribution is -2.55. The standard InChI is InChI=1S/C12H21N3O/c1-9-13-7-6-10(15-9)8-14-11(2,3)12(4,5)16/h6-7,14,16H,8H2,1-5H3. The molecule has 1 aromatic heterocycles. The quantitative estimate of drug-likeness (QED) is 0.810. The molecule has 1 heterocycles. The summed E-state index contributed by atoms with van der Waals surface area (Å²) in [6, 6.07) is 1.88. The van der Waals surface area contributed by atoms with E-state index in [0.717, 1.165) is 11.5 Å². The van der Waals surface area contributed by atoms with Crippen LogP contribution in [0.25, 0.3) is 0 Å². The van der Waals surface area contributed by atoms with Crippen molar-refractivity contribution < 1.29 is 5.11 Å². The molecule has 16 heavy (non-hydrogen) atoms. The van der Waals surface area contributed by atoms with Crippen LogP contribution >= 0.6 is 0 Å². The average molecular weight is 223 g/mol. The Bertz CT molecular complexity index is 356. The monoisotopic (exact) mass is 223 g/mol. The Balaban J connectivity index is 2.65. The molecular formula is C12H21N3O. The van der Waals surface area contributed by atoms with E-state index >= 15 is 0 Å². The molecule has 0 unspecified atom stereocenters. The Kier molecular flexibility index (Phi) is 3.65. The second-order valence-electron chi connectivity index (χ2n) is 5.13. The summed E-state index contributed by atoms with van der Waals surface area (Å²) in [5, 5.41) is 13.3. The van der Waals surface area contributed by atoms with E-state index in [0.29, 0.717) is 6.54 Å². The highest BCUT2D eigenvalue weighted by atomic mass is 16.3. The topological polar surface area (TPSA) is 58.0 Å². The van der Waals surface area contributed by atoms with Gasteiger partial charge < -0.3 is 10.4 Å². The van der Waals surface area contributed by atoms with Gasteiger partial charge in [0.25, 0.3) is 0 Å². The summed E-state index contributed by atoms with van der Waals surface area (Å²) >= 11 is 0.